The van der Waals surface area contributed by atoms with Crippen molar-refractivity contribution in [2.75, 3.05) is 20.2 Å². The Morgan fingerprint density at radius 3 is 2.56 bits per heavy atom. The van der Waals surface area contributed by atoms with Crippen LogP contribution in [-0.2, 0) is 14.9 Å². The van der Waals surface area contributed by atoms with Crippen molar-refractivity contribution >= 4 is 18.4 Å². The summed E-state index contributed by atoms with van der Waals surface area (Å²) in [5.41, 5.74) is 0.567. The first kappa shape index (κ1) is 13.0. The van der Waals surface area contributed by atoms with E-state index < -0.39 is 5.41 Å². The Bertz CT molecular complexity index is 347. The van der Waals surface area contributed by atoms with Gasteiger partial charge in [-0.25, -0.2) is 0 Å². The molecule has 0 aromatic heterocycles. The molecule has 1 N–H and O–H groups in total. The molecule has 1 aliphatic rings. The molecular weight excluding hydrogens is 226 g/mol. The smallest absolute Gasteiger partial charge is 0.317 e. The highest BCUT2D eigenvalue weighted by atomic mass is 35.5. The van der Waals surface area contributed by atoms with Gasteiger partial charge >= 0.3 is 5.97 Å². The van der Waals surface area contributed by atoms with Gasteiger partial charge in [-0.3, -0.25) is 4.79 Å². The standard InChI is InChI=1S/C12H15NO2.ClH/c1-15-11(14)12(7-8-13-9-12)10-5-3-2-4-6-10;/h2-6,13H,7-9H2,1H3;1H. The molecule has 1 atom stereocenters. The molecule has 16 heavy (non-hydrogen) atoms. The Balaban J connectivity index is 0.00000128. The van der Waals surface area contributed by atoms with Crippen LogP contribution in [0.2, 0.25) is 0 Å². The third-order valence-corrected chi connectivity index (χ3v) is 3.06. The van der Waals surface area contributed by atoms with E-state index in [1.54, 1.807) is 0 Å². The summed E-state index contributed by atoms with van der Waals surface area (Å²) < 4.78 is 4.91. The fraction of sp³-hybridized carbons (Fsp3) is 0.417. The highest BCUT2D eigenvalue weighted by Gasteiger charge is 2.43. The molecule has 1 aromatic rings. The van der Waals surface area contributed by atoms with Gasteiger partial charge in [-0.05, 0) is 18.5 Å². The Hall–Kier alpha value is -1.06. The molecule has 88 valence electrons. The monoisotopic (exact) mass is 241 g/mol. The van der Waals surface area contributed by atoms with Crippen molar-refractivity contribution in [3.05, 3.63) is 35.9 Å². The third-order valence-electron chi connectivity index (χ3n) is 3.06. The zero-order valence-electron chi connectivity index (χ0n) is 9.23. The lowest BCUT2D eigenvalue weighted by molar-refractivity contribution is -0.146. The van der Waals surface area contributed by atoms with Crippen LogP contribution < -0.4 is 5.32 Å². The van der Waals surface area contributed by atoms with E-state index in [9.17, 15) is 4.79 Å². The topological polar surface area (TPSA) is 38.3 Å². The van der Waals surface area contributed by atoms with Gasteiger partial charge in [0.15, 0.2) is 0 Å². The first-order valence-electron chi connectivity index (χ1n) is 5.14. The van der Waals surface area contributed by atoms with Crippen molar-refractivity contribution in [3.8, 4) is 0 Å². The summed E-state index contributed by atoms with van der Waals surface area (Å²) in [5, 5.41) is 3.23. The van der Waals surface area contributed by atoms with Gasteiger partial charge in [0, 0.05) is 6.54 Å². The fourth-order valence-electron chi connectivity index (χ4n) is 2.18. The van der Waals surface area contributed by atoms with Crippen molar-refractivity contribution in [2.45, 2.75) is 11.8 Å². The van der Waals surface area contributed by atoms with E-state index in [1.165, 1.54) is 7.11 Å². The first-order valence-corrected chi connectivity index (χ1v) is 5.14. The van der Waals surface area contributed by atoms with Crippen molar-refractivity contribution in [1.29, 1.82) is 0 Å². The molecule has 1 aromatic carbocycles. The molecular formula is C12H16ClNO2. The molecule has 1 aliphatic heterocycles. The van der Waals surface area contributed by atoms with Crippen molar-refractivity contribution < 1.29 is 9.53 Å². The van der Waals surface area contributed by atoms with E-state index in [1.807, 2.05) is 30.3 Å². The lowest BCUT2D eigenvalue weighted by atomic mass is 9.80. The number of ether oxygens (including phenoxy) is 1. The highest BCUT2D eigenvalue weighted by molar-refractivity contribution is 5.85. The minimum Gasteiger partial charge on any atom is -0.468 e. The van der Waals surface area contributed by atoms with Crippen LogP contribution in [0.1, 0.15) is 12.0 Å². The van der Waals surface area contributed by atoms with Crippen LogP contribution in [0.4, 0.5) is 0 Å². The number of methoxy groups -OCH3 is 1. The minimum absolute atomic E-state index is 0. The average molecular weight is 242 g/mol. The molecule has 0 saturated carbocycles. The molecule has 1 fully saturated rings. The summed E-state index contributed by atoms with van der Waals surface area (Å²) >= 11 is 0. The number of carbonyl (C=O) groups excluding carboxylic acids is 1. The zero-order valence-corrected chi connectivity index (χ0v) is 10.0. The van der Waals surface area contributed by atoms with E-state index in [0.717, 1.165) is 18.5 Å². The highest BCUT2D eigenvalue weighted by Crippen LogP contribution is 2.31. The van der Waals surface area contributed by atoms with Crippen LogP contribution >= 0.6 is 12.4 Å². The maximum Gasteiger partial charge on any atom is 0.317 e. The number of esters is 1. The second-order valence-electron chi connectivity index (χ2n) is 3.87. The van der Waals surface area contributed by atoms with Crippen molar-refractivity contribution in [3.63, 3.8) is 0 Å². The predicted octanol–water partition coefficient (Wildman–Crippen LogP) is 1.51. The lowest BCUT2D eigenvalue weighted by Crippen LogP contribution is -2.38. The van der Waals surface area contributed by atoms with Gasteiger partial charge in [0.2, 0.25) is 0 Å². The Labute approximate surface area is 102 Å². The van der Waals surface area contributed by atoms with Gasteiger partial charge in [0.05, 0.1) is 7.11 Å². The van der Waals surface area contributed by atoms with E-state index in [-0.39, 0.29) is 18.4 Å². The Morgan fingerprint density at radius 2 is 2.06 bits per heavy atom. The molecule has 0 bridgehead atoms. The van der Waals surface area contributed by atoms with E-state index in [0.29, 0.717) is 6.54 Å². The lowest BCUT2D eigenvalue weighted by Gasteiger charge is -2.25. The van der Waals surface area contributed by atoms with E-state index in [4.69, 9.17) is 4.74 Å². The van der Waals surface area contributed by atoms with Gasteiger partial charge in [-0.1, -0.05) is 30.3 Å². The normalized spacial score (nSPS) is 23.6. The quantitative estimate of drug-likeness (QED) is 0.798. The predicted molar refractivity (Wildman–Crippen MR) is 64.9 cm³/mol. The van der Waals surface area contributed by atoms with Gasteiger partial charge in [-0.2, -0.15) is 0 Å². The van der Waals surface area contributed by atoms with Gasteiger partial charge < -0.3 is 10.1 Å². The molecule has 4 heteroatoms. The number of hydrogen-bond donors (Lipinski definition) is 1. The fourth-order valence-corrected chi connectivity index (χ4v) is 2.18. The second-order valence-corrected chi connectivity index (χ2v) is 3.87. The van der Waals surface area contributed by atoms with Crippen LogP contribution in [0.3, 0.4) is 0 Å². The van der Waals surface area contributed by atoms with Gasteiger partial charge in [-0.15, -0.1) is 12.4 Å². The summed E-state index contributed by atoms with van der Waals surface area (Å²) in [4.78, 5) is 11.9. The van der Waals surface area contributed by atoms with Gasteiger partial charge in [0.25, 0.3) is 0 Å². The number of nitrogens with one attached hydrogen (secondary N) is 1. The Kier molecular flexibility index (Phi) is 4.33. The van der Waals surface area contributed by atoms with E-state index in [2.05, 4.69) is 5.32 Å². The summed E-state index contributed by atoms with van der Waals surface area (Å²) in [6.45, 7) is 1.54. The van der Waals surface area contributed by atoms with Crippen molar-refractivity contribution in [2.24, 2.45) is 0 Å². The number of hydrogen-bond acceptors (Lipinski definition) is 3. The van der Waals surface area contributed by atoms with Crippen molar-refractivity contribution in [1.82, 2.24) is 5.32 Å². The van der Waals surface area contributed by atoms with Crippen LogP contribution in [0.5, 0.6) is 0 Å². The maximum absolute atomic E-state index is 11.9. The van der Waals surface area contributed by atoms with Crippen LogP contribution in [0, 0.1) is 0 Å². The SMILES string of the molecule is COC(=O)C1(c2ccccc2)CCNC1.Cl. The molecule has 1 unspecified atom stereocenters. The largest absolute Gasteiger partial charge is 0.468 e. The minimum atomic E-state index is -0.476. The summed E-state index contributed by atoms with van der Waals surface area (Å²) in [6.07, 6.45) is 0.809. The summed E-state index contributed by atoms with van der Waals surface area (Å²) in [6, 6.07) is 9.85. The summed E-state index contributed by atoms with van der Waals surface area (Å²) in [5.74, 6) is -0.140. The maximum atomic E-state index is 11.9. The third kappa shape index (κ3) is 2.06. The van der Waals surface area contributed by atoms with Crippen LogP contribution in [-0.4, -0.2) is 26.2 Å². The molecule has 1 saturated heterocycles. The molecule has 0 amide bonds. The molecule has 0 spiro atoms. The second kappa shape index (κ2) is 5.32. The zero-order chi connectivity index (χ0) is 10.7. The average Bonchev–Trinajstić information content (AvgIpc) is 2.79. The number of halogens is 1. The summed E-state index contributed by atoms with van der Waals surface area (Å²) in [7, 11) is 1.45. The molecule has 0 radical (unpaired) electrons. The molecule has 3 nitrogen and oxygen atoms in total. The molecule has 2 rings (SSSR count). The first-order chi connectivity index (χ1) is 7.29. The van der Waals surface area contributed by atoms with Gasteiger partial charge in [0.1, 0.15) is 5.41 Å². The molecule has 1 heterocycles. The van der Waals surface area contributed by atoms with E-state index >= 15 is 0 Å². The Morgan fingerprint density at radius 1 is 1.38 bits per heavy atom. The number of benzene rings is 1. The van der Waals surface area contributed by atoms with Crippen LogP contribution in [0.25, 0.3) is 0 Å². The molecule has 0 aliphatic carbocycles. The number of carbonyl (C=O) groups is 1. The van der Waals surface area contributed by atoms with Crippen LogP contribution in [0.15, 0.2) is 30.3 Å². The number of rotatable bonds is 2.